The number of aryl methyl sites for hydroxylation is 2. The van der Waals surface area contributed by atoms with Gasteiger partial charge in [-0.1, -0.05) is 18.2 Å². The molecule has 1 N–H and O–H groups in total. The van der Waals surface area contributed by atoms with Crippen LogP contribution in [-0.4, -0.2) is 37.5 Å². The van der Waals surface area contributed by atoms with E-state index in [2.05, 4.69) is 23.5 Å². The van der Waals surface area contributed by atoms with Crippen LogP contribution in [0.5, 0.6) is 0 Å². The van der Waals surface area contributed by atoms with Crippen LogP contribution in [0.2, 0.25) is 0 Å². The fourth-order valence-electron chi connectivity index (χ4n) is 3.70. The van der Waals surface area contributed by atoms with Gasteiger partial charge >= 0.3 is 0 Å². The third-order valence-electron chi connectivity index (χ3n) is 4.90. The van der Waals surface area contributed by atoms with Crippen molar-refractivity contribution in [2.75, 3.05) is 26.7 Å². The van der Waals surface area contributed by atoms with E-state index in [1.54, 1.807) is 0 Å². The van der Waals surface area contributed by atoms with Gasteiger partial charge in [-0.25, -0.2) is 0 Å². The van der Waals surface area contributed by atoms with Crippen molar-refractivity contribution in [3.8, 4) is 0 Å². The second-order valence-electron chi connectivity index (χ2n) is 6.54. The first-order valence-corrected chi connectivity index (χ1v) is 8.29. The summed E-state index contributed by atoms with van der Waals surface area (Å²) >= 11 is 0. The lowest BCUT2D eigenvalue weighted by Gasteiger charge is -2.19. The summed E-state index contributed by atoms with van der Waals surface area (Å²) in [7, 11) is 1.98. The smallest absolute Gasteiger partial charge is 0.226 e. The Labute approximate surface area is 127 Å². The van der Waals surface area contributed by atoms with Gasteiger partial charge in [0.05, 0.1) is 6.42 Å². The molecular weight excluding hydrogens is 260 g/mol. The molecule has 21 heavy (non-hydrogen) atoms. The van der Waals surface area contributed by atoms with E-state index in [-0.39, 0.29) is 0 Å². The molecule has 1 aliphatic carbocycles. The molecule has 3 heteroatoms. The highest BCUT2D eigenvalue weighted by atomic mass is 16.2. The molecule has 1 aliphatic heterocycles. The third-order valence-corrected chi connectivity index (χ3v) is 4.90. The summed E-state index contributed by atoms with van der Waals surface area (Å²) in [5.74, 6) is 0.923. The number of hydrogen-bond donors (Lipinski definition) is 1. The Morgan fingerprint density at radius 1 is 1.29 bits per heavy atom. The fourth-order valence-corrected chi connectivity index (χ4v) is 3.70. The minimum atomic E-state index is 0.296. The highest BCUT2D eigenvalue weighted by Crippen LogP contribution is 2.23. The lowest BCUT2D eigenvalue weighted by atomic mass is 9.90. The molecule has 1 saturated heterocycles. The summed E-state index contributed by atoms with van der Waals surface area (Å²) < 4.78 is 0. The second kappa shape index (κ2) is 6.61. The van der Waals surface area contributed by atoms with Crippen LogP contribution in [0, 0.1) is 5.92 Å². The normalized spacial score (nSPS) is 21.4. The van der Waals surface area contributed by atoms with Gasteiger partial charge in [0.25, 0.3) is 0 Å². The van der Waals surface area contributed by atoms with Crippen LogP contribution in [0.25, 0.3) is 0 Å². The number of hydrogen-bond acceptors (Lipinski definition) is 2. The zero-order valence-corrected chi connectivity index (χ0v) is 13.0. The van der Waals surface area contributed by atoms with E-state index >= 15 is 0 Å². The van der Waals surface area contributed by atoms with Crippen LogP contribution in [0.15, 0.2) is 18.2 Å². The molecule has 1 amide bonds. The molecule has 1 aromatic rings. The predicted molar refractivity (Wildman–Crippen MR) is 85.4 cm³/mol. The lowest BCUT2D eigenvalue weighted by molar-refractivity contribution is -0.129. The van der Waals surface area contributed by atoms with Gasteiger partial charge < -0.3 is 10.2 Å². The standard InChI is InChI=1S/C18H26N2O/c1-19-12-15-8-9-20(13-15)18(21)11-14-6-7-16-4-2-3-5-17(16)10-14/h6-7,10,15,19H,2-5,8-9,11-13H2,1H3. The number of likely N-dealkylation sites (tertiary alicyclic amines) is 1. The first-order chi connectivity index (χ1) is 10.3. The maximum absolute atomic E-state index is 12.4. The Kier molecular flexibility index (Phi) is 4.59. The van der Waals surface area contributed by atoms with Crippen LogP contribution in [0.1, 0.15) is 36.0 Å². The molecule has 3 nitrogen and oxygen atoms in total. The fraction of sp³-hybridized carbons (Fsp3) is 0.611. The van der Waals surface area contributed by atoms with E-state index in [1.807, 2.05) is 11.9 Å². The molecule has 0 spiro atoms. The SMILES string of the molecule is CNCC1CCN(C(=O)Cc2ccc3c(c2)CCCC3)C1. The van der Waals surface area contributed by atoms with Crippen molar-refractivity contribution >= 4 is 5.91 Å². The molecule has 1 unspecified atom stereocenters. The second-order valence-corrected chi connectivity index (χ2v) is 6.54. The molecule has 3 rings (SSSR count). The molecule has 1 aromatic carbocycles. The summed E-state index contributed by atoms with van der Waals surface area (Å²) in [5.41, 5.74) is 4.16. The van der Waals surface area contributed by atoms with E-state index in [0.717, 1.165) is 26.1 Å². The summed E-state index contributed by atoms with van der Waals surface area (Å²) in [5, 5.41) is 3.22. The van der Waals surface area contributed by atoms with Gasteiger partial charge in [-0.05, 0) is 68.3 Å². The first kappa shape index (κ1) is 14.6. The topological polar surface area (TPSA) is 32.3 Å². The van der Waals surface area contributed by atoms with E-state index in [1.165, 1.54) is 42.4 Å². The molecule has 1 fully saturated rings. The molecular formula is C18H26N2O. The molecule has 2 aliphatic rings. The van der Waals surface area contributed by atoms with Crippen molar-refractivity contribution in [2.45, 2.75) is 38.5 Å². The van der Waals surface area contributed by atoms with Crippen LogP contribution in [-0.2, 0) is 24.1 Å². The Bertz CT molecular complexity index is 512. The Morgan fingerprint density at radius 2 is 2.10 bits per heavy atom. The number of rotatable bonds is 4. The van der Waals surface area contributed by atoms with Crippen molar-refractivity contribution in [1.29, 1.82) is 0 Å². The molecule has 0 bridgehead atoms. The van der Waals surface area contributed by atoms with Crippen molar-refractivity contribution in [2.24, 2.45) is 5.92 Å². The van der Waals surface area contributed by atoms with Gasteiger partial charge in [0.2, 0.25) is 5.91 Å². The van der Waals surface area contributed by atoms with Gasteiger partial charge in [0.15, 0.2) is 0 Å². The largest absolute Gasteiger partial charge is 0.342 e. The first-order valence-electron chi connectivity index (χ1n) is 8.29. The van der Waals surface area contributed by atoms with E-state index in [0.29, 0.717) is 18.2 Å². The van der Waals surface area contributed by atoms with Crippen molar-refractivity contribution in [1.82, 2.24) is 10.2 Å². The van der Waals surface area contributed by atoms with Crippen LogP contribution in [0.3, 0.4) is 0 Å². The molecule has 1 atom stereocenters. The molecule has 114 valence electrons. The van der Waals surface area contributed by atoms with Gasteiger partial charge in [0, 0.05) is 13.1 Å². The quantitative estimate of drug-likeness (QED) is 0.920. The molecule has 0 radical (unpaired) electrons. The van der Waals surface area contributed by atoms with Crippen LogP contribution < -0.4 is 5.32 Å². The highest BCUT2D eigenvalue weighted by Gasteiger charge is 2.25. The lowest BCUT2D eigenvalue weighted by Crippen LogP contribution is -2.31. The zero-order valence-electron chi connectivity index (χ0n) is 13.0. The van der Waals surface area contributed by atoms with E-state index < -0.39 is 0 Å². The Hall–Kier alpha value is -1.35. The van der Waals surface area contributed by atoms with E-state index in [4.69, 9.17) is 0 Å². The number of nitrogens with one attached hydrogen (secondary N) is 1. The molecule has 0 aromatic heterocycles. The van der Waals surface area contributed by atoms with Gasteiger partial charge in [-0.15, -0.1) is 0 Å². The van der Waals surface area contributed by atoms with Gasteiger partial charge in [0.1, 0.15) is 0 Å². The summed E-state index contributed by atoms with van der Waals surface area (Å²) in [6.45, 7) is 2.86. The van der Waals surface area contributed by atoms with E-state index in [9.17, 15) is 4.79 Å². The number of carbonyl (C=O) groups excluding carboxylic acids is 1. The Morgan fingerprint density at radius 3 is 2.90 bits per heavy atom. The monoisotopic (exact) mass is 286 g/mol. The number of nitrogens with zero attached hydrogens (tertiary/aromatic N) is 1. The van der Waals surface area contributed by atoms with Gasteiger partial charge in [-0.2, -0.15) is 0 Å². The Balaban J connectivity index is 1.60. The van der Waals surface area contributed by atoms with Crippen molar-refractivity contribution < 1.29 is 4.79 Å². The van der Waals surface area contributed by atoms with Crippen molar-refractivity contribution in [3.63, 3.8) is 0 Å². The third kappa shape index (κ3) is 3.46. The summed E-state index contributed by atoms with van der Waals surface area (Å²) in [6, 6.07) is 6.67. The van der Waals surface area contributed by atoms with Crippen LogP contribution in [0.4, 0.5) is 0 Å². The zero-order chi connectivity index (χ0) is 14.7. The number of benzene rings is 1. The number of fused-ring (bicyclic) bond motifs is 1. The summed E-state index contributed by atoms with van der Waals surface area (Å²) in [4.78, 5) is 14.5. The number of carbonyl (C=O) groups is 1. The maximum Gasteiger partial charge on any atom is 0.226 e. The average molecular weight is 286 g/mol. The summed E-state index contributed by atoms with van der Waals surface area (Å²) in [6.07, 6.45) is 6.71. The van der Waals surface area contributed by atoms with Crippen LogP contribution >= 0.6 is 0 Å². The maximum atomic E-state index is 12.4. The van der Waals surface area contributed by atoms with Crippen molar-refractivity contribution in [3.05, 3.63) is 34.9 Å². The predicted octanol–water partition coefficient (Wildman–Crippen LogP) is 2.18. The highest BCUT2D eigenvalue weighted by molar-refractivity contribution is 5.79. The molecule has 0 saturated carbocycles. The average Bonchev–Trinajstić information content (AvgIpc) is 2.96. The minimum Gasteiger partial charge on any atom is -0.342 e. The number of amides is 1. The van der Waals surface area contributed by atoms with Gasteiger partial charge in [-0.3, -0.25) is 4.79 Å². The minimum absolute atomic E-state index is 0.296. The molecule has 1 heterocycles.